The molecular weight excluding hydrogens is 461 g/mol. The van der Waals surface area contributed by atoms with E-state index in [4.69, 9.17) is 4.84 Å². The van der Waals surface area contributed by atoms with Crippen LogP contribution in [0.5, 0.6) is 11.5 Å². The maximum atomic E-state index is 12.3. The van der Waals surface area contributed by atoms with Crippen LogP contribution in [0.2, 0.25) is 0 Å². The molecule has 2 N–H and O–H groups in total. The van der Waals surface area contributed by atoms with Crippen LogP contribution < -0.4 is 20.3 Å². The second-order valence-corrected chi connectivity index (χ2v) is 7.50. The predicted octanol–water partition coefficient (Wildman–Crippen LogP) is 6.16. The van der Waals surface area contributed by atoms with Crippen molar-refractivity contribution in [1.29, 1.82) is 0 Å². The lowest BCUT2D eigenvalue weighted by Gasteiger charge is -2.10. The molecule has 0 saturated carbocycles. The molecule has 3 aromatic rings. The minimum Gasteiger partial charge on any atom is -0.406 e. The van der Waals surface area contributed by atoms with Crippen molar-refractivity contribution in [2.75, 3.05) is 5.32 Å². The van der Waals surface area contributed by atoms with Gasteiger partial charge in [-0.05, 0) is 91.6 Å². The fraction of sp³-hybridized carbons (Fsp3) is 0.160. The van der Waals surface area contributed by atoms with E-state index in [0.29, 0.717) is 22.6 Å². The SMILES string of the molecule is C/C(=N\Oc1ccc(/C=N/NC(=O)Nc2c(C)cccc2C)cc1)c1ccc(OC(F)(F)F)cc1. The molecule has 0 aromatic heterocycles. The molecule has 35 heavy (non-hydrogen) atoms. The number of hydrazone groups is 1. The number of ether oxygens (including phenoxy) is 1. The van der Waals surface area contributed by atoms with Crippen LogP contribution >= 0.6 is 0 Å². The summed E-state index contributed by atoms with van der Waals surface area (Å²) in [6.45, 7) is 5.48. The fourth-order valence-corrected chi connectivity index (χ4v) is 3.00. The van der Waals surface area contributed by atoms with Gasteiger partial charge in [0, 0.05) is 5.69 Å². The van der Waals surface area contributed by atoms with Crippen LogP contribution in [0.25, 0.3) is 0 Å². The molecule has 3 aromatic carbocycles. The third-order valence-corrected chi connectivity index (χ3v) is 4.77. The molecule has 0 aliphatic rings. The van der Waals surface area contributed by atoms with Crippen molar-refractivity contribution in [2.24, 2.45) is 10.3 Å². The number of benzene rings is 3. The lowest BCUT2D eigenvalue weighted by Crippen LogP contribution is -2.25. The first-order valence-electron chi connectivity index (χ1n) is 10.4. The first-order valence-corrected chi connectivity index (χ1v) is 10.4. The Kier molecular flexibility index (Phi) is 8.08. The van der Waals surface area contributed by atoms with Gasteiger partial charge in [0.25, 0.3) is 0 Å². The molecule has 0 bridgehead atoms. The largest absolute Gasteiger partial charge is 0.573 e. The molecule has 0 fully saturated rings. The molecular formula is C25H23F3N4O3. The highest BCUT2D eigenvalue weighted by molar-refractivity contribution is 5.98. The minimum atomic E-state index is -4.74. The zero-order chi connectivity index (χ0) is 25.4. The third-order valence-electron chi connectivity index (χ3n) is 4.77. The maximum absolute atomic E-state index is 12.3. The number of oxime groups is 1. The summed E-state index contributed by atoms with van der Waals surface area (Å²) in [5.41, 5.74) is 6.81. The molecule has 0 atom stereocenters. The molecule has 3 rings (SSSR count). The maximum Gasteiger partial charge on any atom is 0.573 e. The Hall–Kier alpha value is -4.34. The highest BCUT2D eigenvalue weighted by Gasteiger charge is 2.30. The van der Waals surface area contributed by atoms with Crippen molar-refractivity contribution in [3.05, 3.63) is 89.0 Å². The van der Waals surface area contributed by atoms with Gasteiger partial charge in [0.2, 0.25) is 0 Å². The van der Waals surface area contributed by atoms with Crippen LogP contribution in [0, 0.1) is 13.8 Å². The second kappa shape index (κ2) is 11.2. The Morgan fingerprint density at radius 3 is 2.11 bits per heavy atom. The van der Waals surface area contributed by atoms with Crippen molar-refractivity contribution in [3.8, 4) is 11.5 Å². The molecule has 7 nitrogen and oxygen atoms in total. The number of rotatable bonds is 7. The van der Waals surface area contributed by atoms with Crippen LogP contribution in [0.1, 0.15) is 29.2 Å². The number of nitrogens with one attached hydrogen (secondary N) is 2. The van der Waals surface area contributed by atoms with Gasteiger partial charge in [-0.1, -0.05) is 23.4 Å². The standard InChI is InChI=1S/C25H23F3N4O3/c1-16-5-4-6-17(2)23(16)30-24(33)31-29-15-19-7-11-22(12-8-19)35-32-18(3)20-9-13-21(14-10-20)34-25(26,27)28/h4-15H,1-3H3,(H2,30,31,33)/b29-15+,32-18+. The summed E-state index contributed by atoms with van der Waals surface area (Å²) in [6.07, 6.45) is -3.26. The first kappa shape index (κ1) is 25.3. The van der Waals surface area contributed by atoms with Gasteiger partial charge < -0.3 is 14.9 Å². The van der Waals surface area contributed by atoms with E-state index in [-0.39, 0.29) is 5.75 Å². The molecule has 0 aliphatic carbocycles. The predicted molar refractivity (Wildman–Crippen MR) is 128 cm³/mol. The van der Waals surface area contributed by atoms with E-state index >= 15 is 0 Å². The number of hydrogen-bond donors (Lipinski definition) is 2. The highest BCUT2D eigenvalue weighted by atomic mass is 19.4. The topological polar surface area (TPSA) is 84.3 Å². The van der Waals surface area contributed by atoms with Gasteiger partial charge in [0.05, 0.1) is 11.9 Å². The number of halogens is 3. The van der Waals surface area contributed by atoms with Crippen molar-refractivity contribution in [2.45, 2.75) is 27.1 Å². The van der Waals surface area contributed by atoms with E-state index in [1.165, 1.54) is 30.5 Å². The summed E-state index contributed by atoms with van der Waals surface area (Å²) in [7, 11) is 0. The van der Waals surface area contributed by atoms with Gasteiger partial charge >= 0.3 is 12.4 Å². The number of urea groups is 1. The van der Waals surface area contributed by atoms with Gasteiger partial charge in [-0.2, -0.15) is 5.10 Å². The number of para-hydroxylation sites is 1. The number of carbonyl (C=O) groups excluding carboxylic acids is 1. The number of amides is 2. The Morgan fingerprint density at radius 1 is 0.914 bits per heavy atom. The van der Waals surface area contributed by atoms with E-state index in [1.807, 2.05) is 32.0 Å². The number of anilines is 1. The highest BCUT2D eigenvalue weighted by Crippen LogP contribution is 2.23. The average Bonchev–Trinajstić information content (AvgIpc) is 2.80. The summed E-state index contributed by atoms with van der Waals surface area (Å²) in [5.74, 6) is 0.128. The minimum absolute atomic E-state index is 0.315. The van der Waals surface area contributed by atoms with Gasteiger partial charge in [-0.15, -0.1) is 13.2 Å². The average molecular weight is 484 g/mol. The zero-order valence-corrected chi connectivity index (χ0v) is 19.2. The van der Waals surface area contributed by atoms with Crippen LogP contribution in [0.15, 0.2) is 77.0 Å². The van der Waals surface area contributed by atoms with Crippen molar-refractivity contribution in [1.82, 2.24) is 5.43 Å². The summed E-state index contributed by atoms with van der Waals surface area (Å²) in [4.78, 5) is 17.5. The lowest BCUT2D eigenvalue weighted by atomic mass is 10.1. The van der Waals surface area contributed by atoms with Crippen LogP contribution in [-0.4, -0.2) is 24.3 Å². The molecule has 0 radical (unpaired) electrons. The van der Waals surface area contributed by atoms with E-state index in [2.05, 4.69) is 25.7 Å². The zero-order valence-electron chi connectivity index (χ0n) is 19.2. The molecule has 0 spiro atoms. The molecule has 0 saturated heterocycles. The number of alkyl halides is 3. The number of hydrogen-bond acceptors (Lipinski definition) is 5. The van der Waals surface area contributed by atoms with Crippen molar-refractivity contribution < 1.29 is 27.5 Å². The van der Waals surface area contributed by atoms with E-state index in [1.54, 1.807) is 31.2 Å². The lowest BCUT2D eigenvalue weighted by molar-refractivity contribution is -0.274. The molecule has 2 amide bonds. The van der Waals surface area contributed by atoms with E-state index in [0.717, 1.165) is 16.8 Å². The van der Waals surface area contributed by atoms with E-state index in [9.17, 15) is 18.0 Å². The van der Waals surface area contributed by atoms with Crippen LogP contribution in [0.3, 0.4) is 0 Å². The molecule has 0 unspecified atom stereocenters. The molecule has 0 aliphatic heterocycles. The van der Waals surface area contributed by atoms with Crippen molar-refractivity contribution >= 4 is 23.6 Å². The normalized spacial score (nSPS) is 11.9. The summed E-state index contributed by atoms with van der Waals surface area (Å²) >= 11 is 0. The Balaban J connectivity index is 1.51. The summed E-state index contributed by atoms with van der Waals surface area (Å²) in [6, 6.07) is 17.3. The van der Waals surface area contributed by atoms with E-state index < -0.39 is 12.4 Å². The van der Waals surface area contributed by atoms with Gasteiger partial charge in [0.15, 0.2) is 5.75 Å². The Morgan fingerprint density at radius 2 is 1.51 bits per heavy atom. The Bertz CT molecular complexity index is 1200. The van der Waals surface area contributed by atoms with Crippen LogP contribution in [-0.2, 0) is 0 Å². The summed E-state index contributed by atoms with van der Waals surface area (Å²) in [5, 5.41) is 10.7. The second-order valence-electron chi connectivity index (χ2n) is 7.50. The van der Waals surface area contributed by atoms with Gasteiger partial charge in [0.1, 0.15) is 5.75 Å². The fourth-order valence-electron chi connectivity index (χ4n) is 3.00. The first-order chi connectivity index (χ1) is 16.6. The van der Waals surface area contributed by atoms with Crippen molar-refractivity contribution in [3.63, 3.8) is 0 Å². The molecule has 0 heterocycles. The summed E-state index contributed by atoms with van der Waals surface area (Å²) < 4.78 is 40.6. The monoisotopic (exact) mass is 484 g/mol. The Labute approximate surface area is 200 Å². The number of carbonyl (C=O) groups is 1. The smallest absolute Gasteiger partial charge is 0.406 e. The quantitative estimate of drug-likeness (QED) is 0.311. The number of nitrogens with zero attached hydrogens (tertiary/aromatic N) is 2. The third kappa shape index (κ3) is 7.88. The van der Waals surface area contributed by atoms with Crippen LogP contribution in [0.4, 0.5) is 23.7 Å². The molecule has 10 heteroatoms. The van der Waals surface area contributed by atoms with Gasteiger partial charge in [-0.25, -0.2) is 10.2 Å². The number of aryl methyl sites for hydroxylation is 2. The van der Waals surface area contributed by atoms with Gasteiger partial charge in [-0.3, -0.25) is 0 Å². The molecule has 182 valence electrons.